The second kappa shape index (κ2) is 3.25. The summed E-state index contributed by atoms with van der Waals surface area (Å²) in [5.41, 5.74) is 0.385. The third-order valence-electron chi connectivity index (χ3n) is 3.47. The lowest BCUT2D eigenvalue weighted by molar-refractivity contribution is -0.0135. The van der Waals surface area contributed by atoms with Gasteiger partial charge in [0.05, 0.1) is 0 Å². The molecule has 2 nitrogen and oxygen atoms in total. The SMILES string of the molecule is CC(C)(C)N1CC(N2CCCC2)C1. The fourth-order valence-corrected chi connectivity index (χ4v) is 2.34. The molecule has 0 aromatic carbocycles. The first kappa shape index (κ1) is 9.47. The summed E-state index contributed by atoms with van der Waals surface area (Å²) in [6, 6.07) is 0.877. The molecule has 2 fully saturated rings. The Kier molecular flexibility index (Phi) is 2.37. The molecule has 0 radical (unpaired) electrons. The van der Waals surface area contributed by atoms with E-state index in [0.717, 1.165) is 6.04 Å². The lowest BCUT2D eigenvalue weighted by Gasteiger charge is -2.50. The maximum atomic E-state index is 2.67. The van der Waals surface area contributed by atoms with Crippen molar-refractivity contribution in [3.63, 3.8) is 0 Å². The fraction of sp³-hybridized carbons (Fsp3) is 1.00. The normalized spacial score (nSPS) is 27.9. The molecule has 76 valence electrons. The summed E-state index contributed by atoms with van der Waals surface area (Å²) in [5.74, 6) is 0. The van der Waals surface area contributed by atoms with Gasteiger partial charge in [-0.3, -0.25) is 9.80 Å². The summed E-state index contributed by atoms with van der Waals surface area (Å²) < 4.78 is 0. The van der Waals surface area contributed by atoms with Gasteiger partial charge in [-0.15, -0.1) is 0 Å². The van der Waals surface area contributed by atoms with Crippen LogP contribution in [0.4, 0.5) is 0 Å². The smallest absolute Gasteiger partial charge is 0.0350 e. The lowest BCUT2D eigenvalue weighted by Crippen LogP contribution is -2.64. The summed E-state index contributed by atoms with van der Waals surface area (Å²) in [5, 5.41) is 0. The van der Waals surface area contributed by atoms with Gasteiger partial charge in [-0.1, -0.05) is 0 Å². The molecule has 2 heteroatoms. The number of rotatable bonds is 1. The van der Waals surface area contributed by atoms with E-state index in [4.69, 9.17) is 0 Å². The van der Waals surface area contributed by atoms with Crippen LogP contribution in [0.15, 0.2) is 0 Å². The predicted octanol–water partition coefficient (Wildman–Crippen LogP) is 1.56. The zero-order valence-electron chi connectivity index (χ0n) is 9.21. The number of nitrogens with zero attached hydrogens (tertiary/aromatic N) is 2. The molecule has 2 aliphatic heterocycles. The van der Waals surface area contributed by atoms with Gasteiger partial charge < -0.3 is 0 Å². The van der Waals surface area contributed by atoms with Crippen LogP contribution in [0.25, 0.3) is 0 Å². The highest BCUT2D eigenvalue weighted by Crippen LogP contribution is 2.26. The molecule has 2 aliphatic rings. The molecule has 0 spiro atoms. The highest BCUT2D eigenvalue weighted by atomic mass is 15.3. The van der Waals surface area contributed by atoms with Gasteiger partial charge in [0.15, 0.2) is 0 Å². The van der Waals surface area contributed by atoms with Gasteiger partial charge in [-0.25, -0.2) is 0 Å². The Balaban J connectivity index is 1.78. The van der Waals surface area contributed by atoms with E-state index in [0.29, 0.717) is 5.54 Å². The number of hydrogen-bond donors (Lipinski definition) is 0. The number of likely N-dealkylation sites (tertiary alicyclic amines) is 2. The minimum atomic E-state index is 0.385. The third kappa shape index (κ3) is 1.89. The Hall–Kier alpha value is -0.0800. The summed E-state index contributed by atoms with van der Waals surface area (Å²) in [7, 11) is 0. The molecule has 13 heavy (non-hydrogen) atoms. The Labute approximate surface area is 81.9 Å². The van der Waals surface area contributed by atoms with Crippen LogP contribution in [0.3, 0.4) is 0 Å². The Morgan fingerprint density at radius 1 is 1.00 bits per heavy atom. The molecule has 0 bridgehead atoms. The van der Waals surface area contributed by atoms with Crippen molar-refractivity contribution < 1.29 is 0 Å². The maximum absolute atomic E-state index is 2.67. The van der Waals surface area contributed by atoms with E-state index < -0.39 is 0 Å². The average molecular weight is 182 g/mol. The van der Waals surface area contributed by atoms with Gasteiger partial charge in [-0.05, 0) is 46.7 Å². The van der Waals surface area contributed by atoms with Crippen molar-refractivity contribution in [2.45, 2.75) is 45.2 Å². The topological polar surface area (TPSA) is 6.48 Å². The van der Waals surface area contributed by atoms with E-state index in [1.165, 1.54) is 39.0 Å². The fourth-order valence-electron chi connectivity index (χ4n) is 2.34. The van der Waals surface area contributed by atoms with E-state index >= 15 is 0 Å². The lowest BCUT2D eigenvalue weighted by atomic mass is 9.97. The quantitative estimate of drug-likeness (QED) is 0.607. The number of hydrogen-bond acceptors (Lipinski definition) is 2. The largest absolute Gasteiger partial charge is 0.298 e. The van der Waals surface area contributed by atoms with Gasteiger partial charge in [-0.2, -0.15) is 0 Å². The van der Waals surface area contributed by atoms with Crippen molar-refractivity contribution >= 4 is 0 Å². The van der Waals surface area contributed by atoms with Crippen LogP contribution in [-0.4, -0.2) is 47.6 Å². The molecule has 0 saturated carbocycles. The van der Waals surface area contributed by atoms with E-state index in [-0.39, 0.29) is 0 Å². The zero-order chi connectivity index (χ0) is 9.47. The van der Waals surface area contributed by atoms with Crippen molar-refractivity contribution in [2.75, 3.05) is 26.2 Å². The van der Waals surface area contributed by atoms with Gasteiger partial charge >= 0.3 is 0 Å². The first-order valence-corrected chi connectivity index (χ1v) is 5.56. The molecule has 0 atom stereocenters. The Morgan fingerprint density at radius 3 is 2.00 bits per heavy atom. The average Bonchev–Trinajstić information content (AvgIpc) is 2.31. The zero-order valence-corrected chi connectivity index (χ0v) is 9.21. The van der Waals surface area contributed by atoms with Gasteiger partial charge in [0.25, 0.3) is 0 Å². The van der Waals surface area contributed by atoms with Crippen molar-refractivity contribution in [3.8, 4) is 0 Å². The van der Waals surface area contributed by atoms with E-state index in [1.807, 2.05) is 0 Å². The van der Waals surface area contributed by atoms with E-state index in [2.05, 4.69) is 30.6 Å². The summed E-state index contributed by atoms with van der Waals surface area (Å²) in [6.07, 6.45) is 2.85. The van der Waals surface area contributed by atoms with Crippen LogP contribution in [-0.2, 0) is 0 Å². The molecule has 0 amide bonds. The third-order valence-corrected chi connectivity index (χ3v) is 3.47. The van der Waals surface area contributed by atoms with E-state index in [9.17, 15) is 0 Å². The van der Waals surface area contributed by atoms with Crippen LogP contribution in [0, 0.1) is 0 Å². The summed E-state index contributed by atoms with van der Waals surface area (Å²) >= 11 is 0. The van der Waals surface area contributed by atoms with Crippen molar-refractivity contribution in [3.05, 3.63) is 0 Å². The van der Waals surface area contributed by atoms with Crippen LogP contribution in [0.2, 0.25) is 0 Å². The minimum Gasteiger partial charge on any atom is -0.298 e. The minimum absolute atomic E-state index is 0.385. The monoisotopic (exact) mass is 182 g/mol. The van der Waals surface area contributed by atoms with Crippen LogP contribution >= 0.6 is 0 Å². The summed E-state index contributed by atoms with van der Waals surface area (Å²) in [4.78, 5) is 5.25. The van der Waals surface area contributed by atoms with E-state index in [1.54, 1.807) is 0 Å². The Bertz CT molecular complexity index is 171. The molecule has 0 aliphatic carbocycles. The highest BCUT2D eigenvalue weighted by molar-refractivity contribution is 4.95. The first-order valence-electron chi connectivity index (χ1n) is 5.56. The molecule has 0 aromatic rings. The predicted molar refractivity (Wildman–Crippen MR) is 55.9 cm³/mol. The van der Waals surface area contributed by atoms with Crippen molar-refractivity contribution in [1.29, 1.82) is 0 Å². The molecule has 2 rings (SSSR count). The second-order valence-electron chi connectivity index (χ2n) is 5.47. The van der Waals surface area contributed by atoms with Crippen LogP contribution < -0.4 is 0 Å². The molecule has 2 saturated heterocycles. The molecular formula is C11H22N2. The molecular weight excluding hydrogens is 160 g/mol. The van der Waals surface area contributed by atoms with Crippen LogP contribution in [0.1, 0.15) is 33.6 Å². The standard InChI is InChI=1S/C11H22N2/c1-11(2,3)13-8-10(9-13)12-6-4-5-7-12/h10H,4-9H2,1-3H3. The van der Waals surface area contributed by atoms with Gasteiger partial charge in [0.1, 0.15) is 0 Å². The van der Waals surface area contributed by atoms with Crippen LogP contribution in [0.5, 0.6) is 0 Å². The van der Waals surface area contributed by atoms with Crippen molar-refractivity contribution in [1.82, 2.24) is 9.80 Å². The first-order chi connectivity index (χ1) is 6.07. The highest BCUT2D eigenvalue weighted by Gasteiger charge is 2.37. The second-order valence-corrected chi connectivity index (χ2v) is 5.47. The summed E-state index contributed by atoms with van der Waals surface area (Å²) in [6.45, 7) is 12.2. The molecule has 0 N–H and O–H groups in total. The molecule has 2 heterocycles. The van der Waals surface area contributed by atoms with Gasteiger partial charge in [0.2, 0.25) is 0 Å². The Morgan fingerprint density at radius 2 is 1.54 bits per heavy atom. The van der Waals surface area contributed by atoms with Crippen molar-refractivity contribution in [2.24, 2.45) is 0 Å². The maximum Gasteiger partial charge on any atom is 0.0350 e. The molecule has 0 aromatic heterocycles. The molecule has 0 unspecified atom stereocenters. The van der Waals surface area contributed by atoms with Gasteiger partial charge in [0, 0.05) is 24.7 Å².